The molecule has 1 aliphatic carbocycles. The Morgan fingerprint density at radius 3 is 2.69 bits per heavy atom. The standard InChI is InChI=1S/C24H32N4O3S/c1-17(20-5-3-13-25-16-20)26-24(29)19-7-10-21(11-8-19)27-32(30,31)22-12-9-18-6-4-14-28(2)23(18)15-22/h3,5,9,12-13,15-17,19,21,27H,4,6-8,10-11,14H2,1-2H3,(H,26,29). The number of aryl methyl sites for hydroxylation is 1. The molecule has 1 saturated carbocycles. The second-order valence-corrected chi connectivity index (χ2v) is 10.7. The van der Waals surface area contributed by atoms with Crippen molar-refractivity contribution in [1.29, 1.82) is 0 Å². The van der Waals surface area contributed by atoms with Crippen LogP contribution in [0.5, 0.6) is 0 Å². The van der Waals surface area contributed by atoms with Gasteiger partial charge in [-0.15, -0.1) is 0 Å². The van der Waals surface area contributed by atoms with Crippen LogP contribution in [0.15, 0.2) is 47.6 Å². The second kappa shape index (κ2) is 9.58. The van der Waals surface area contributed by atoms with E-state index in [2.05, 4.69) is 19.9 Å². The Morgan fingerprint density at radius 2 is 1.97 bits per heavy atom. The zero-order valence-corrected chi connectivity index (χ0v) is 19.6. The van der Waals surface area contributed by atoms with Crippen LogP contribution < -0.4 is 14.9 Å². The number of carbonyl (C=O) groups is 1. The molecule has 172 valence electrons. The van der Waals surface area contributed by atoms with Gasteiger partial charge < -0.3 is 10.2 Å². The molecule has 1 aliphatic heterocycles. The maximum Gasteiger partial charge on any atom is 0.240 e. The summed E-state index contributed by atoms with van der Waals surface area (Å²) < 4.78 is 28.9. The molecule has 0 radical (unpaired) electrons. The zero-order valence-electron chi connectivity index (χ0n) is 18.8. The normalized spacial score (nSPS) is 22.1. The first kappa shape index (κ1) is 22.7. The van der Waals surface area contributed by atoms with Crippen molar-refractivity contribution in [2.75, 3.05) is 18.5 Å². The highest BCUT2D eigenvalue weighted by Crippen LogP contribution is 2.30. The molecule has 1 unspecified atom stereocenters. The van der Waals surface area contributed by atoms with Crippen LogP contribution in [-0.4, -0.2) is 38.9 Å². The molecule has 1 atom stereocenters. The summed E-state index contributed by atoms with van der Waals surface area (Å²) in [6.45, 7) is 2.89. The average molecular weight is 457 g/mol. The molecule has 1 aromatic heterocycles. The third-order valence-electron chi connectivity index (χ3n) is 6.68. The van der Waals surface area contributed by atoms with Crippen molar-refractivity contribution in [3.05, 3.63) is 53.9 Å². The Hall–Kier alpha value is -2.45. The van der Waals surface area contributed by atoms with E-state index in [-0.39, 0.29) is 23.9 Å². The first-order chi connectivity index (χ1) is 15.3. The van der Waals surface area contributed by atoms with Crippen LogP contribution in [0.25, 0.3) is 0 Å². The number of benzene rings is 1. The van der Waals surface area contributed by atoms with Crippen LogP contribution in [0.4, 0.5) is 5.69 Å². The molecule has 7 nitrogen and oxygen atoms in total. The summed E-state index contributed by atoms with van der Waals surface area (Å²) in [6.07, 6.45) is 8.20. The number of amides is 1. The first-order valence-corrected chi connectivity index (χ1v) is 12.9. The lowest BCUT2D eigenvalue weighted by Crippen LogP contribution is -2.41. The van der Waals surface area contributed by atoms with Gasteiger partial charge in [0, 0.05) is 43.6 Å². The molecule has 2 aromatic rings. The summed E-state index contributed by atoms with van der Waals surface area (Å²) in [4.78, 5) is 19.2. The van der Waals surface area contributed by atoms with Crippen molar-refractivity contribution >= 4 is 21.6 Å². The lowest BCUT2D eigenvalue weighted by atomic mass is 9.85. The maximum absolute atomic E-state index is 13.0. The molecule has 32 heavy (non-hydrogen) atoms. The zero-order chi connectivity index (χ0) is 22.7. The smallest absolute Gasteiger partial charge is 0.240 e. The molecule has 0 bridgehead atoms. The van der Waals surface area contributed by atoms with Gasteiger partial charge >= 0.3 is 0 Å². The van der Waals surface area contributed by atoms with Crippen molar-refractivity contribution in [2.45, 2.75) is 62.4 Å². The fourth-order valence-corrected chi connectivity index (χ4v) is 6.04. The van der Waals surface area contributed by atoms with Gasteiger partial charge in [0.1, 0.15) is 0 Å². The van der Waals surface area contributed by atoms with Gasteiger partial charge in [-0.25, -0.2) is 13.1 Å². The van der Waals surface area contributed by atoms with Crippen LogP contribution in [0.2, 0.25) is 0 Å². The Kier molecular flexibility index (Phi) is 6.81. The molecule has 2 aliphatic rings. The number of anilines is 1. The van der Waals surface area contributed by atoms with E-state index in [1.54, 1.807) is 24.5 Å². The van der Waals surface area contributed by atoms with Crippen molar-refractivity contribution in [2.24, 2.45) is 5.92 Å². The molecule has 2 N–H and O–H groups in total. The highest BCUT2D eigenvalue weighted by Gasteiger charge is 2.30. The van der Waals surface area contributed by atoms with E-state index in [1.165, 1.54) is 5.56 Å². The minimum atomic E-state index is -3.59. The van der Waals surface area contributed by atoms with Gasteiger partial charge in [-0.05, 0) is 74.8 Å². The summed E-state index contributed by atoms with van der Waals surface area (Å²) in [5, 5.41) is 3.07. The predicted molar refractivity (Wildman–Crippen MR) is 125 cm³/mol. The minimum Gasteiger partial charge on any atom is -0.374 e. The molecule has 8 heteroatoms. The first-order valence-electron chi connectivity index (χ1n) is 11.4. The summed E-state index contributed by atoms with van der Waals surface area (Å²) in [5.41, 5.74) is 3.17. The second-order valence-electron chi connectivity index (χ2n) is 9.00. The van der Waals surface area contributed by atoms with Gasteiger partial charge in [-0.1, -0.05) is 12.1 Å². The number of pyridine rings is 1. The molecule has 4 rings (SSSR count). The third-order valence-corrected chi connectivity index (χ3v) is 8.20. The number of hydrogen-bond donors (Lipinski definition) is 2. The quantitative estimate of drug-likeness (QED) is 0.697. The Labute approximate surface area is 190 Å². The highest BCUT2D eigenvalue weighted by molar-refractivity contribution is 7.89. The lowest BCUT2D eigenvalue weighted by molar-refractivity contribution is -0.126. The van der Waals surface area contributed by atoms with Crippen LogP contribution >= 0.6 is 0 Å². The van der Waals surface area contributed by atoms with Crippen LogP contribution in [-0.2, 0) is 21.2 Å². The predicted octanol–water partition coefficient (Wildman–Crippen LogP) is 3.18. The minimum absolute atomic E-state index is 0.0281. The van der Waals surface area contributed by atoms with E-state index < -0.39 is 10.0 Å². The number of hydrogen-bond acceptors (Lipinski definition) is 5. The Bertz CT molecular complexity index is 1050. The third kappa shape index (κ3) is 5.13. The van der Waals surface area contributed by atoms with Crippen molar-refractivity contribution in [3.63, 3.8) is 0 Å². The lowest BCUT2D eigenvalue weighted by Gasteiger charge is -2.30. The monoisotopic (exact) mass is 456 g/mol. The molecule has 1 fully saturated rings. The molecule has 1 aromatic carbocycles. The molecular formula is C24H32N4O3S. The molecule has 2 heterocycles. The van der Waals surface area contributed by atoms with Crippen LogP contribution in [0.1, 0.15) is 56.2 Å². The van der Waals surface area contributed by atoms with E-state index in [4.69, 9.17) is 0 Å². The van der Waals surface area contributed by atoms with E-state index in [1.807, 2.05) is 32.2 Å². The number of sulfonamides is 1. The number of fused-ring (bicyclic) bond motifs is 1. The molecule has 0 saturated heterocycles. The van der Waals surface area contributed by atoms with Gasteiger partial charge in [-0.3, -0.25) is 9.78 Å². The van der Waals surface area contributed by atoms with Gasteiger partial charge in [0.2, 0.25) is 15.9 Å². The number of nitrogens with one attached hydrogen (secondary N) is 2. The SMILES string of the molecule is CC(NC(=O)C1CCC(NS(=O)(=O)c2ccc3c(c2)N(C)CCC3)CC1)c1cccnc1. The fourth-order valence-electron chi connectivity index (χ4n) is 4.71. The van der Waals surface area contributed by atoms with E-state index in [0.29, 0.717) is 30.6 Å². The average Bonchev–Trinajstić information content (AvgIpc) is 2.80. The maximum atomic E-state index is 13.0. The topological polar surface area (TPSA) is 91.4 Å². The number of nitrogens with zero attached hydrogens (tertiary/aromatic N) is 2. The Balaban J connectivity index is 1.32. The largest absolute Gasteiger partial charge is 0.374 e. The van der Waals surface area contributed by atoms with Gasteiger partial charge in [0.15, 0.2) is 0 Å². The Morgan fingerprint density at radius 1 is 1.19 bits per heavy atom. The van der Waals surface area contributed by atoms with E-state index >= 15 is 0 Å². The van der Waals surface area contributed by atoms with E-state index in [0.717, 1.165) is 30.6 Å². The number of rotatable bonds is 6. The van der Waals surface area contributed by atoms with Crippen molar-refractivity contribution in [1.82, 2.24) is 15.0 Å². The van der Waals surface area contributed by atoms with Crippen molar-refractivity contribution in [3.8, 4) is 0 Å². The van der Waals surface area contributed by atoms with E-state index in [9.17, 15) is 13.2 Å². The summed E-state index contributed by atoms with van der Waals surface area (Å²) in [5.74, 6) is -0.0624. The summed E-state index contributed by atoms with van der Waals surface area (Å²) >= 11 is 0. The highest BCUT2D eigenvalue weighted by atomic mass is 32.2. The number of carbonyl (C=O) groups excluding carboxylic acids is 1. The van der Waals surface area contributed by atoms with Crippen LogP contribution in [0.3, 0.4) is 0 Å². The number of aromatic nitrogens is 1. The summed E-state index contributed by atoms with van der Waals surface area (Å²) in [6, 6.07) is 8.99. The molecule has 0 spiro atoms. The van der Waals surface area contributed by atoms with Crippen LogP contribution in [0, 0.1) is 5.92 Å². The molecular weight excluding hydrogens is 424 g/mol. The fraction of sp³-hybridized carbons (Fsp3) is 0.500. The van der Waals surface area contributed by atoms with Gasteiger partial charge in [0.25, 0.3) is 0 Å². The molecule has 1 amide bonds. The summed E-state index contributed by atoms with van der Waals surface area (Å²) in [7, 11) is -1.59. The van der Waals surface area contributed by atoms with Gasteiger partial charge in [0.05, 0.1) is 10.9 Å². The van der Waals surface area contributed by atoms with Gasteiger partial charge in [-0.2, -0.15) is 0 Å². The van der Waals surface area contributed by atoms with Crippen molar-refractivity contribution < 1.29 is 13.2 Å².